The fourth-order valence-electron chi connectivity index (χ4n) is 3.50. The number of imidazole rings is 1. The highest BCUT2D eigenvalue weighted by Crippen LogP contribution is 2.35. The van der Waals surface area contributed by atoms with Crippen LogP contribution in [0.4, 0.5) is 11.5 Å². The Balaban J connectivity index is 1.62. The molecule has 0 aliphatic rings. The van der Waals surface area contributed by atoms with Crippen LogP contribution in [0, 0.1) is 13.8 Å². The van der Waals surface area contributed by atoms with E-state index >= 15 is 0 Å². The highest BCUT2D eigenvalue weighted by atomic mass is 35.5. The number of hydrogen-bond acceptors (Lipinski definition) is 6. The van der Waals surface area contributed by atoms with Gasteiger partial charge >= 0.3 is 0 Å². The van der Waals surface area contributed by atoms with E-state index in [1.54, 1.807) is 12.1 Å². The van der Waals surface area contributed by atoms with Crippen LogP contribution >= 0.6 is 46.1 Å². The van der Waals surface area contributed by atoms with Gasteiger partial charge in [-0.15, -0.1) is 11.3 Å². The van der Waals surface area contributed by atoms with Gasteiger partial charge in [0.25, 0.3) is 11.8 Å². The standard InChI is InChI=1S/C24H20Cl3N5O3S/c1-12-9-32(13(2)29-12)10-14-11-36-22(20(14)27)24(34)31-21-17(6-16(26)7-18(21)35-3)23(33)30-19-5-4-15(25)8-28-19/h4-9,11H,10H2,1-3H3,(H,31,34)(H,28,30,33). The number of amides is 2. The summed E-state index contributed by atoms with van der Waals surface area (Å²) in [5.41, 5.74) is 1.90. The summed E-state index contributed by atoms with van der Waals surface area (Å²) in [5, 5.41) is 8.25. The molecule has 0 bridgehead atoms. The molecule has 1 aromatic carbocycles. The van der Waals surface area contributed by atoms with Gasteiger partial charge in [0.1, 0.15) is 22.3 Å². The zero-order valence-corrected chi connectivity index (χ0v) is 22.4. The highest BCUT2D eigenvalue weighted by Gasteiger charge is 2.23. The van der Waals surface area contributed by atoms with Gasteiger partial charge in [-0.05, 0) is 37.4 Å². The van der Waals surface area contributed by atoms with Crippen molar-refractivity contribution in [1.29, 1.82) is 0 Å². The third-order valence-electron chi connectivity index (χ3n) is 5.18. The van der Waals surface area contributed by atoms with Crippen molar-refractivity contribution in [3.05, 3.63) is 84.6 Å². The van der Waals surface area contributed by atoms with Crippen molar-refractivity contribution in [3.8, 4) is 5.75 Å². The molecule has 8 nitrogen and oxygen atoms in total. The molecule has 3 aromatic heterocycles. The smallest absolute Gasteiger partial charge is 0.267 e. The van der Waals surface area contributed by atoms with Gasteiger partial charge in [-0.3, -0.25) is 9.59 Å². The van der Waals surface area contributed by atoms with Gasteiger partial charge in [-0.1, -0.05) is 34.8 Å². The van der Waals surface area contributed by atoms with Gasteiger partial charge in [0.15, 0.2) is 0 Å². The molecule has 4 aromatic rings. The minimum absolute atomic E-state index is 0.0851. The monoisotopic (exact) mass is 563 g/mol. The summed E-state index contributed by atoms with van der Waals surface area (Å²) in [6, 6.07) is 6.07. The van der Waals surface area contributed by atoms with Gasteiger partial charge in [0.05, 0.1) is 40.6 Å². The summed E-state index contributed by atoms with van der Waals surface area (Å²) in [6.45, 7) is 4.29. The topological polar surface area (TPSA) is 98.1 Å². The number of halogens is 3. The van der Waals surface area contributed by atoms with E-state index < -0.39 is 11.8 Å². The van der Waals surface area contributed by atoms with Crippen LogP contribution in [0.25, 0.3) is 0 Å². The molecule has 3 heterocycles. The Bertz CT molecular complexity index is 1450. The lowest BCUT2D eigenvalue weighted by atomic mass is 10.1. The fraction of sp³-hybridized carbons (Fsp3) is 0.167. The maximum Gasteiger partial charge on any atom is 0.267 e. The van der Waals surface area contributed by atoms with Crippen LogP contribution in [-0.4, -0.2) is 33.5 Å². The number of carbonyl (C=O) groups is 2. The number of carbonyl (C=O) groups excluding carboxylic acids is 2. The second-order valence-corrected chi connectivity index (χ2v) is 9.89. The van der Waals surface area contributed by atoms with Gasteiger partial charge < -0.3 is 19.9 Å². The third kappa shape index (κ3) is 5.65. The highest BCUT2D eigenvalue weighted by molar-refractivity contribution is 7.13. The number of methoxy groups -OCH3 is 1. The molecule has 2 amide bonds. The van der Waals surface area contributed by atoms with Crippen molar-refractivity contribution < 1.29 is 14.3 Å². The SMILES string of the molecule is COc1cc(Cl)cc(C(=O)Nc2ccc(Cl)cn2)c1NC(=O)c1scc(Cn2cc(C)nc2C)c1Cl. The molecular formula is C24H20Cl3N5O3S. The fourth-order valence-corrected chi connectivity index (χ4v) is 5.07. The van der Waals surface area contributed by atoms with Crippen LogP contribution in [0.3, 0.4) is 0 Å². The molecule has 36 heavy (non-hydrogen) atoms. The van der Waals surface area contributed by atoms with Gasteiger partial charge in [0.2, 0.25) is 0 Å². The molecular weight excluding hydrogens is 545 g/mol. The minimum Gasteiger partial charge on any atom is -0.494 e. The molecule has 0 unspecified atom stereocenters. The number of aryl methyl sites for hydroxylation is 2. The lowest BCUT2D eigenvalue weighted by Crippen LogP contribution is -2.19. The molecule has 0 fully saturated rings. The van der Waals surface area contributed by atoms with Crippen LogP contribution in [0.2, 0.25) is 15.1 Å². The Labute approximate surface area is 226 Å². The maximum absolute atomic E-state index is 13.2. The van der Waals surface area contributed by atoms with Crippen LogP contribution in [0.1, 0.15) is 37.1 Å². The first-order chi connectivity index (χ1) is 17.2. The first-order valence-electron chi connectivity index (χ1n) is 10.5. The first-order valence-corrected chi connectivity index (χ1v) is 12.6. The quantitative estimate of drug-likeness (QED) is 0.268. The Morgan fingerprint density at radius 2 is 1.86 bits per heavy atom. The van der Waals surface area contributed by atoms with Gasteiger partial charge in [-0.2, -0.15) is 0 Å². The first kappa shape index (κ1) is 26.0. The number of nitrogens with zero attached hydrogens (tertiary/aromatic N) is 3. The lowest BCUT2D eigenvalue weighted by Gasteiger charge is -2.15. The molecule has 4 rings (SSSR count). The van der Waals surface area contributed by atoms with Crippen molar-refractivity contribution in [2.75, 3.05) is 17.7 Å². The van der Waals surface area contributed by atoms with E-state index in [4.69, 9.17) is 39.5 Å². The Kier molecular flexibility index (Phi) is 7.85. The second-order valence-electron chi connectivity index (χ2n) is 7.76. The average molecular weight is 565 g/mol. The van der Waals surface area contributed by atoms with Crippen LogP contribution in [-0.2, 0) is 6.54 Å². The molecule has 0 aliphatic carbocycles. The summed E-state index contributed by atoms with van der Waals surface area (Å²) in [4.78, 5) is 35.1. The minimum atomic E-state index is -0.551. The van der Waals surface area contributed by atoms with Crippen molar-refractivity contribution in [1.82, 2.24) is 14.5 Å². The Morgan fingerprint density at radius 1 is 1.08 bits per heavy atom. The second kappa shape index (κ2) is 10.9. The number of anilines is 2. The van der Waals surface area contributed by atoms with Crippen molar-refractivity contribution in [3.63, 3.8) is 0 Å². The largest absolute Gasteiger partial charge is 0.494 e. The van der Waals surface area contributed by atoms with Crippen molar-refractivity contribution in [2.24, 2.45) is 0 Å². The predicted octanol–water partition coefficient (Wildman–Crippen LogP) is 6.48. The average Bonchev–Trinajstić information content (AvgIpc) is 3.36. The van der Waals surface area contributed by atoms with Crippen LogP contribution < -0.4 is 15.4 Å². The summed E-state index contributed by atoms with van der Waals surface area (Å²) in [6.07, 6.45) is 3.32. The zero-order chi connectivity index (χ0) is 26.0. The van der Waals surface area contributed by atoms with Crippen LogP contribution in [0.15, 0.2) is 42.0 Å². The molecule has 0 spiro atoms. The normalized spacial score (nSPS) is 10.8. The van der Waals surface area contributed by atoms with Crippen LogP contribution in [0.5, 0.6) is 5.75 Å². The van der Waals surface area contributed by atoms with E-state index in [-0.39, 0.29) is 27.8 Å². The molecule has 0 saturated heterocycles. The van der Waals surface area contributed by atoms with E-state index in [0.717, 1.165) is 17.1 Å². The Morgan fingerprint density at radius 3 is 2.50 bits per heavy atom. The lowest BCUT2D eigenvalue weighted by molar-refractivity contribution is 0.102. The molecule has 186 valence electrons. The van der Waals surface area contributed by atoms with Crippen molar-refractivity contribution in [2.45, 2.75) is 20.4 Å². The van der Waals surface area contributed by atoms with E-state index in [1.165, 1.54) is 36.8 Å². The van der Waals surface area contributed by atoms with E-state index in [1.807, 2.05) is 30.0 Å². The summed E-state index contributed by atoms with van der Waals surface area (Å²) >= 11 is 19.9. The number of thiophene rings is 1. The molecule has 2 N–H and O–H groups in total. The third-order valence-corrected chi connectivity index (χ3v) is 7.20. The molecule has 12 heteroatoms. The van der Waals surface area contributed by atoms with E-state index in [2.05, 4.69) is 20.6 Å². The van der Waals surface area contributed by atoms with E-state index in [0.29, 0.717) is 21.5 Å². The number of pyridine rings is 1. The number of aromatic nitrogens is 3. The molecule has 0 radical (unpaired) electrons. The van der Waals surface area contributed by atoms with Gasteiger partial charge in [-0.25, -0.2) is 9.97 Å². The Hall–Kier alpha value is -3.11. The number of benzene rings is 1. The molecule has 0 atom stereocenters. The van der Waals surface area contributed by atoms with E-state index in [9.17, 15) is 9.59 Å². The number of rotatable bonds is 7. The zero-order valence-electron chi connectivity index (χ0n) is 19.4. The number of nitrogens with one attached hydrogen (secondary N) is 2. The molecule has 0 saturated carbocycles. The summed E-state index contributed by atoms with van der Waals surface area (Å²) in [5.74, 6) is 0.287. The number of ether oxygens (including phenoxy) is 1. The summed E-state index contributed by atoms with van der Waals surface area (Å²) in [7, 11) is 1.41. The van der Waals surface area contributed by atoms with Crippen molar-refractivity contribution >= 4 is 69.5 Å². The van der Waals surface area contributed by atoms with Gasteiger partial charge in [0, 0.05) is 29.0 Å². The predicted molar refractivity (Wildman–Crippen MR) is 143 cm³/mol. The summed E-state index contributed by atoms with van der Waals surface area (Å²) < 4.78 is 7.36. The molecule has 0 aliphatic heterocycles. The maximum atomic E-state index is 13.2. The number of hydrogen-bond donors (Lipinski definition) is 2.